The Bertz CT molecular complexity index is 1030. The third kappa shape index (κ3) is 3.87. The zero-order valence-electron chi connectivity index (χ0n) is 14.2. The van der Waals surface area contributed by atoms with E-state index in [0.29, 0.717) is 6.42 Å². The van der Waals surface area contributed by atoms with Gasteiger partial charge in [-0.25, -0.2) is 9.29 Å². The molecule has 0 radical (unpaired) electrons. The molecule has 0 atom stereocenters. The molecule has 0 saturated heterocycles. The minimum atomic E-state index is -3.83. The van der Waals surface area contributed by atoms with Crippen LogP contribution in [0.1, 0.15) is 5.56 Å². The van der Waals surface area contributed by atoms with Gasteiger partial charge in [0.1, 0.15) is 0 Å². The van der Waals surface area contributed by atoms with E-state index in [1.807, 2.05) is 30.3 Å². The van der Waals surface area contributed by atoms with E-state index >= 15 is 0 Å². The van der Waals surface area contributed by atoms with Gasteiger partial charge in [0.25, 0.3) is 5.56 Å². The van der Waals surface area contributed by atoms with Gasteiger partial charge in [0, 0.05) is 20.6 Å². The van der Waals surface area contributed by atoms with Gasteiger partial charge in [0.15, 0.2) is 11.2 Å². The highest BCUT2D eigenvalue weighted by Crippen LogP contribution is 2.16. The van der Waals surface area contributed by atoms with E-state index in [1.54, 1.807) is 0 Å². The summed E-state index contributed by atoms with van der Waals surface area (Å²) < 4.78 is 27.6. The number of imidazole rings is 1. The van der Waals surface area contributed by atoms with Crippen molar-refractivity contribution < 1.29 is 8.42 Å². The first-order chi connectivity index (χ1) is 11.9. The van der Waals surface area contributed by atoms with Gasteiger partial charge < -0.3 is 4.98 Å². The van der Waals surface area contributed by atoms with Crippen molar-refractivity contribution in [3.63, 3.8) is 0 Å². The number of aromatic amines is 2. The van der Waals surface area contributed by atoms with E-state index in [4.69, 9.17) is 0 Å². The van der Waals surface area contributed by atoms with Crippen LogP contribution in [0.5, 0.6) is 0 Å². The molecule has 26 heavy (non-hydrogen) atoms. The van der Waals surface area contributed by atoms with Crippen molar-refractivity contribution in [1.82, 2.24) is 24.2 Å². The van der Waals surface area contributed by atoms with Gasteiger partial charge in [-0.3, -0.25) is 9.78 Å². The summed E-state index contributed by atoms with van der Waals surface area (Å²) >= 11 is 0. The largest absolute Gasteiger partial charge is 0.339 e. The average Bonchev–Trinajstić information content (AvgIpc) is 3.05. The number of hydrogen-bond acceptors (Lipinski definition) is 5. The second-order valence-electron chi connectivity index (χ2n) is 5.59. The Morgan fingerprint density at radius 3 is 2.50 bits per heavy atom. The Kier molecular flexibility index (Phi) is 6.01. The number of hydrogen-bond donors (Lipinski definition) is 2. The normalized spacial score (nSPS) is 11.5. The molecular weight excluding hydrogens is 380 g/mol. The lowest BCUT2D eigenvalue weighted by molar-refractivity contribution is 0.514. The zero-order valence-corrected chi connectivity index (χ0v) is 15.8. The molecule has 0 unspecified atom stereocenters. The third-order valence-corrected chi connectivity index (χ3v) is 5.54. The maximum Gasteiger partial charge on any atom is 0.305 e. The molecule has 3 aromatic rings. The number of halogens is 1. The monoisotopic (exact) mass is 398 g/mol. The molecule has 0 spiro atoms. The molecular formula is C15H19ClN6O3S. The van der Waals surface area contributed by atoms with Crippen LogP contribution in [0.2, 0.25) is 0 Å². The van der Waals surface area contributed by atoms with Crippen molar-refractivity contribution in [2.24, 2.45) is 0 Å². The second kappa shape index (κ2) is 7.85. The van der Waals surface area contributed by atoms with E-state index < -0.39 is 15.8 Å². The minimum Gasteiger partial charge on any atom is -0.339 e. The maximum atomic E-state index is 12.7. The van der Waals surface area contributed by atoms with Crippen molar-refractivity contribution in [2.75, 3.05) is 24.9 Å². The first-order valence-electron chi connectivity index (χ1n) is 7.57. The molecule has 0 fully saturated rings. The quantitative estimate of drug-likeness (QED) is 0.640. The van der Waals surface area contributed by atoms with Crippen molar-refractivity contribution in [2.45, 2.75) is 6.42 Å². The number of nitrogens with one attached hydrogen (secondary N) is 2. The molecule has 0 amide bonds. The SMILES string of the molecule is CN(C)S(=O)(=O)N(CCc1ccccc1)c1nc2nc[nH]c2c(=O)[nH]1.Cl. The van der Waals surface area contributed by atoms with E-state index in [0.717, 1.165) is 14.2 Å². The lowest BCUT2D eigenvalue weighted by atomic mass is 10.1. The Labute approximate surface area is 156 Å². The standard InChI is InChI=1S/C15H18N6O3S.ClH/c1-20(2)25(23,24)21(9-8-11-6-4-3-5-7-11)15-18-13-12(14(22)19-15)16-10-17-13;/h3-7,10H,8-9H2,1-2H3,(H2,16,17,18,19,22);1H. The topological polar surface area (TPSA) is 115 Å². The van der Waals surface area contributed by atoms with Gasteiger partial charge in [0.05, 0.1) is 6.33 Å². The molecule has 1 aromatic carbocycles. The first-order valence-corrected chi connectivity index (χ1v) is 8.97. The summed E-state index contributed by atoms with van der Waals surface area (Å²) in [5.74, 6) is -0.0609. The number of H-pyrrole nitrogens is 2. The number of aromatic nitrogens is 4. The van der Waals surface area contributed by atoms with Crippen LogP contribution in [0.4, 0.5) is 5.95 Å². The maximum absolute atomic E-state index is 12.7. The van der Waals surface area contributed by atoms with Crippen LogP contribution in [0.3, 0.4) is 0 Å². The van der Waals surface area contributed by atoms with Gasteiger partial charge in [-0.05, 0) is 12.0 Å². The molecule has 2 N–H and O–H groups in total. The summed E-state index contributed by atoms with van der Waals surface area (Å²) in [6, 6.07) is 9.48. The van der Waals surface area contributed by atoms with Gasteiger partial charge in [0.2, 0.25) is 5.95 Å². The predicted molar refractivity (Wildman–Crippen MR) is 102 cm³/mol. The van der Waals surface area contributed by atoms with Gasteiger partial charge >= 0.3 is 10.2 Å². The second-order valence-corrected chi connectivity index (χ2v) is 7.66. The number of benzene rings is 1. The van der Waals surface area contributed by atoms with Crippen LogP contribution in [0.25, 0.3) is 11.2 Å². The minimum absolute atomic E-state index is 0. The van der Waals surface area contributed by atoms with Crippen LogP contribution in [0.15, 0.2) is 41.5 Å². The van der Waals surface area contributed by atoms with Gasteiger partial charge in [-0.1, -0.05) is 30.3 Å². The summed E-state index contributed by atoms with van der Waals surface area (Å²) in [7, 11) is -0.981. The van der Waals surface area contributed by atoms with Gasteiger partial charge in [-0.2, -0.15) is 17.7 Å². The molecule has 9 nitrogen and oxygen atoms in total. The Balaban J connectivity index is 0.00000243. The molecule has 0 saturated carbocycles. The highest BCUT2D eigenvalue weighted by molar-refractivity contribution is 7.90. The zero-order chi connectivity index (χ0) is 18.0. The van der Waals surface area contributed by atoms with E-state index in [1.165, 1.54) is 20.4 Å². The Morgan fingerprint density at radius 1 is 1.15 bits per heavy atom. The smallest absolute Gasteiger partial charge is 0.305 e. The molecule has 2 heterocycles. The number of nitrogens with zero attached hydrogens (tertiary/aromatic N) is 4. The molecule has 11 heteroatoms. The highest BCUT2D eigenvalue weighted by atomic mass is 35.5. The van der Waals surface area contributed by atoms with Crippen molar-refractivity contribution in [3.05, 3.63) is 52.6 Å². The molecule has 0 aliphatic rings. The van der Waals surface area contributed by atoms with Crippen LogP contribution in [-0.4, -0.2) is 53.3 Å². The average molecular weight is 399 g/mol. The van der Waals surface area contributed by atoms with E-state index in [2.05, 4.69) is 19.9 Å². The molecule has 0 bridgehead atoms. The molecule has 0 aliphatic carbocycles. The third-order valence-electron chi connectivity index (χ3n) is 3.71. The summed E-state index contributed by atoms with van der Waals surface area (Å²) in [6.07, 6.45) is 1.81. The Morgan fingerprint density at radius 2 is 1.85 bits per heavy atom. The fraction of sp³-hybridized carbons (Fsp3) is 0.267. The molecule has 3 rings (SSSR count). The van der Waals surface area contributed by atoms with Crippen molar-refractivity contribution in [1.29, 1.82) is 0 Å². The summed E-state index contributed by atoms with van der Waals surface area (Å²) in [5, 5.41) is 0. The first kappa shape index (κ1) is 19.9. The fourth-order valence-electron chi connectivity index (χ4n) is 2.35. The highest BCUT2D eigenvalue weighted by Gasteiger charge is 2.27. The van der Waals surface area contributed by atoms with Crippen LogP contribution >= 0.6 is 12.4 Å². The summed E-state index contributed by atoms with van der Waals surface area (Å²) in [4.78, 5) is 25.5. The van der Waals surface area contributed by atoms with Crippen molar-refractivity contribution in [3.8, 4) is 0 Å². The van der Waals surface area contributed by atoms with Crippen LogP contribution in [-0.2, 0) is 16.6 Å². The van der Waals surface area contributed by atoms with Crippen LogP contribution in [0, 0.1) is 0 Å². The number of rotatable bonds is 6. The molecule has 2 aromatic heterocycles. The summed E-state index contributed by atoms with van der Waals surface area (Å²) in [6.45, 7) is 0.128. The van der Waals surface area contributed by atoms with Crippen molar-refractivity contribution >= 4 is 39.7 Å². The van der Waals surface area contributed by atoms with E-state index in [9.17, 15) is 13.2 Å². The lowest BCUT2D eigenvalue weighted by Crippen LogP contribution is -2.42. The molecule has 140 valence electrons. The van der Waals surface area contributed by atoms with E-state index in [-0.39, 0.29) is 36.1 Å². The number of fused-ring (bicyclic) bond motifs is 1. The fourth-order valence-corrected chi connectivity index (χ4v) is 3.37. The number of anilines is 1. The Hall–Kier alpha value is -2.43. The van der Waals surface area contributed by atoms with Crippen LogP contribution < -0.4 is 9.86 Å². The predicted octanol–water partition coefficient (Wildman–Crippen LogP) is 0.923. The van der Waals surface area contributed by atoms with Gasteiger partial charge in [-0.15, -0.1) is 12.4 Å². The molecule has 0 aliphatic heterocycles. The summed E-state index contributed by atoms with van der Waals surface area (Å²) in [5.41, 5.74) is 0.868. The lowest BCUT2D eigenvalue weighted by Gasteiger charge is -2.25.